The molecular formula is C20H26N2O3. The van der Waals surface area contributed by atoms with Crippen LogP contribution < -0.4 is 5.32 Å². The van der Waals surface area contributed by atoms with Crippen molar-refractivity contribution < 1.29 is 14.4 Å². The Bertz CT molecular complexity index is 640. The minimum Gasteiger partial charge on any atom is -0.344 e. The minimum atomic E-state index is -0.527. The largest absolute Gasteiger partial charge is 0.344 e. The van der Waals surface area contributed by atoms with E-state index in [2.05, 4.69) is 5.32 Å². The summed E-state index contributed by atoms with van der Waals surface area (Å²) in [5.74, 6) is 0.0555. The monoisotopic (exact) mass is 342 g/mol. The zero-order valence-electron chi connectivity index (χ0n) is 14.7. The van der Waals surface area contributed by atoms with Crippen molar-refractivity contribution in [1.82, 2.24) is 10.2 Å². The van der Waals surface area contributed by atoms with E-state index in [4.69, 9.17) is 0 Å². The number of benzene rings is 1. The summed E-state index contributed by atoms with van der Waals surface area (Å²) in [4.78, 5) is 39.0. The first-order valence-electron chi connectivity index (χ1n) is 9.25. The van der Waals surface area contributed by atoms with Gasteiger partial charge in [0.25, 0.3) is 0 Å². The number of rotatable bonds is 6. The minimum absolute atomic E-state index is 0.0109. The van der Waals surface area contributed by atoms with Gasteiger partial charge in [-0.3, -0.25) is 14.4 Å². The van der Waals surface area contributed by atoms with Gasteiger partial charge in [-0.2, -0.15) is 0 Å². The van der Waals surface area contributed by atoms with Gasteiger partial charge in [0.15, 0.2) is 5.78 Å². The lowest BCUT2D eigenvalue weighted by atomic mass is 9.84. The summed E-state index contributed by atoms with van der Waals surface area (Å²) >= 11 is 0. The first kappa shape index (κ1) is 17.6. The van der Waals surface area contributed by atoms with Crippen LogP contribution in [0.25, 0.3) is 0 Å². The summed E-state index contributed by atoms with van der Waals surface area (Å²) in [6.07, 6.45) is 5.03. The molecule has 2 fully saturated rings. The van der Waals surface area contributed by atoms with Crippen molar-refractivity contribution in [3.05, 3.63) is 35.9 Å². The summed E-state index contributed by atoms with van der Waals surface area (Å²) in [7, 11) is 0. The molecular weight excluding hydrogens is 316 g/mol. The number of carbonyl (C=O) groups excluding carboxylic acids is 3. The van der Waals surface area contributed by atoms with Crippen molar-refractivity contribution in [2.24, 2.45) is 5.92 Å². The Balaban J connectivity index is 1.57. The lowest BCUT2D eigenvalue weighted by Gasteiger charge is -2.30. The van der Waals surface area contributed by atoms with Gasteiger partial charge in [0, 0.05) is 30.5 Å². The Hall–Kier alpha value is -2.17. The Labute approximate surface area is 148 Å². The Morgan fingerprint density at radius 2 is 1.84 bits per heavy atom. The second-order valence-corrected chi connectivity index (χ2v) is 7.18. The number of nitrogens with one attached hydrogen (secondary N) is 1. The van der Waals surface area contributed by atoms with Crippen LogP contribution in [0.15, 0.2) is 30.3 Å². The summed E-state index contributed by atoms with van der Waals surface area (Å²) in [6, 6.07) is 8.61. The topological polar surface area (TPSA) is 66.5 Å². The number of likely N-dealkylation sites (tertiary alicyclic amines) is 1. The van der Waals surface area contributed by atoms with E-state index in [0.717, 1.165) is 32.1 Å². The standard InChI is InChI=1S/C20H26N2O3/c1-14(21-19(24)16-9-5-10-16)20(25)22-12-6-11-17(22)13-18(23)15-7-3-2-4-8-15/h2-4,7-8,14,16-17H,5-6,9-13H2,1H3,(H,21,24)/t14-,17+/m0/s1. The molecule has 2 atom stereocenters. The SMILES string of the molecule is C[C@H](NC(=O)C1CCC1)C(=O)N1CCC[C@@H]1CC(=O)c1ccccc1. The van der Waals surface area contributed by atoms with Crippen LogP contribution in [-0.4, -0.2) is 41.1 Å². The molecule has 1 aliphatic carbocycles. The van der Waals surface area contributed by atoms with E-state index in [1.165, 1.54) is 0 Å². The zero-order valence-corrected chi connectivity index (χ0v) is 14.7. The van der Waals surface area contributed by atoms with E-state index < -0.39 is 6.04 Å². The summed E-state index contributed by atoms with van der Waals surface area (Å²) < 4.78 is 0. The van der Waals surface area contributed by atoms with Crippen LogP contribution in [0, 0.1) is 5.92 Å². The third kappa shape index (κ3) is 4.09. The van der Waals surface area contributed by atoms with Crippen molar-refractivity contribution in [2.45, 2.75) is 57.5 Å². The smallest absolute Gasteiger partial charge is 0.245 e. The van der Waals surface area contributed by atoms with Gasteiger partial charge in [-0.15, -0.1) is 0 Å². The Kier molecular flexibility index (Phi) is 5.51. The number of hydrogen-bond donors (Lipinski definition) is 1. The normalized spacial score (nSPS) is 21.5. The van der Waals surface area contributed by atoms with E-state index in [-0.39, 0.29) is 29.6 Å². The van der Waals surface area contributed by atoms with Crippen LogP contribution in [0.5, 0.6) is 0 Å². The molecule has 2 aliphatic rings. The van der Waals surface area contributed by atoms with Gasteiger partial charge in [-0.1, -0.05) is 36.8 Å². The van der Waals surface area contributed by atoms with Crippen molar-refractivity contribution in [2.75, 3.05) is 6.54 Å². The van der Waals surface area contributed by atoms with Gasteiger partial charge >= 0.3 is 0 Å². The lowest BCUT2D eigenvalue weighted by Crippen LogP contribution is -2.50. The van der Waals surface area contributed by atoms with E-state index in [1.807, 2.05) is 30.3 Å². The molecule has 1 saturated carbocycles. The predicted molar refractivity (Wildman–Crippen MR) is 95.1 cm³/mol. The van der Waals surface area contributed by atoms with E-state index in [1.54, 1.807) is 11.8 Å². The summed E-state index contributed by atoms with van der Waals surface area (Å²) in [5, 5.41) is 2.85. The highest BCUT2D eigenvalue weighted by atomic mass is 16.2. The number of ketones is 1. The van der Waals surface area contributed by atoms with Crippen LogP contribution in [0.4, 0.5) is 0 Å². The third-order valence-electron chi connectivity index (χ3n) is 5.38. The lowest BCUT2D eigenvalue weighted by molar-refractivity contribution is -0.138. The van der Waals surface area contributed by atoms with Gasteiger partial charge in [0.2, 0.25) is 11.8 Å². The molecule has 0 unspecified atom stereocenters. The Morgan fingerprint density at radius 1 is 1.12 bits per heavy atom. The predicted octanol–water partition coefficient (Wildman–Crippen LogP) is 2.56. The highest BCUT2D eigenvalue weighted by molar-refractivity contribution is 5.97. The van der Waals surface area contributed by atoms with E-state index in [0.29, 0.717) is 18.5 Å². The number of carbonyl (C=O) groups is 3. The first-order chi connectivity index (χ1) is 12.1. The molecule has 1 saturated heterocycles. The van der Waals surface area contributed by atoms with Gasteiger partial charge in [-0.25, -0.2) is 0 Å². The van der Waals surface area contributed by atoms with Crippen LogP contribution in [-0.2, 0) is 9.59 Å². The quantitative estimate of drug-likeness (QED) is 0.808. The average molecular weight is 342 g/mol. The number of Topliss-reactive ketones (excluding diaryl/α,β-unsaturated/α-hetero) is 1. The fourth-order valence-electron chi connectivity index (χ4n) is 3.61. The van der Waals surface area contributed by atoms with Gasteiger partial charge < -0.3 is 10.2 Å². The van der Waals surface area contributed by atoms with Crippen LogP contribution in [0.2, 0.25) is 0 Å². The number of amides is 2. The van der Waals surface area contributed by atoms with Crippen LogP contribution in [0.3, 0.4) is 0 Å². The molecule has 1 aliphatic heterocycles. The molecule has 1 aromatic carbocycles. The zero-order chi connectivity index (χ0) is 17.8. The van der Waals surface area contributed by atoms with Crippen molar-refractivity contribution >= 4 is 17.6 Å². The fraction of sp³-hybridized carbons (Fsp3) is 0.550. The highest BCUT2D eigenvalue weighted by Gasteiger charge is 2.34. The fourth-order valence-corrected chi connectivity index (χ4v) is 3.61. The summed E-state index contributed by atoms with van der Waals surface area (Å²) in [6.45, 7) is 2.41. The van der Waals surface area contributed by atoms with Crippen LogP contribution in [0.1, 0.15) is 55.8 Å². The van der Waals surface area contributed by atoms with Crippen molar-refractivity contribution in [3.8, 4) is 0 Å². The molecule has 3 rings (SSSR count). The highest BCUT2D eigenvalue weighted by Crippen LogP contribution is 2.27. The molecule has 0 aromatic heterocycles. The molecule has 0 spiro atoms. The maximum absolute atomic E-state index is 12.7. The van der Waals surface area contributed by atoms with Gasteiger partial charge in [0.05, 0.1) is 0 Å². The molecule has 0 bridgehead atoms. The van der Waals surface area contributed by atoms with E-state index >= 15 is 0 Å². The maximum atomic E-state index is 12.7. The molecule has 1 N–H and O–H groups in total. The van der Waals surface area contributed by atoms with Crippen LogP contribution >= 0.6 is 0 Å². The molecule has 1 heterocycles. The number of hydrogen-bond acceptors (Lipinski definition) is 3. The molecule has 5 heteroatoms. The first-order valence-corrected chi connectivity index (χ1v) is 9.25. The van der Waals surface area contributed by atoms with E-state index in [9.17, 15) is 14.4 Å². The third-order valence-corrected chi connectivity index (χ3v) is 5.38. The molecule has 2 amide bonds. The number of nitrogens with zero attached hydrogens (tertiary/aromatic N) is 1. The van der Waals surface area contributed by atoms with Gasteiger partial charge in [0.1, 0.15) is 6.04 Å². The summed E-state index contributed by atoms with van der Waals surface area (Å²) in [5.41, 5.74) is 0.688. The molecule has 134 valence electrons. The molecule has 0 radical (unpaired) electrons. The second-order valence-electron chi connectivity index (χ2n) is 7.18. The van der Waals surface area contributed by atoms with Gasteiger partial charge in [-0.05, 0) is 32.6 Å². The average Bonchev–Trinajstić information content (AvgIpc) is 3.01. The maximum Gasteiger partial charge on any atom is 0.245 e. The van der Waals surface area contributed by atoms with Crippen molar-refractivity contribution in [1.29, 1.82) is 0 Å². The molecule has 1 aromatic rings. The Morgan fingerprint density at radius 3 is 2.48 bits per heavy atom. The van der Waals surface area contributed by atoms with Crippen molar-refractivity contribution in [3.63, 3.8) is 0 Å². The molecule has 25 heavy (non-hydrogen) atoms. The second kappa shape index (κ2) is 7.81. The molecule has 5 nitrogen and oxygen atoms in total.